The van der Waals surface area contributed by atoms with Crippen LogP contribution in [0.1, 0.15) is 23.6 Å². The van der Waals surface area contributed by atoms with Crippen LogP contribution >= 0.6 is 0 Å². The predicted molar refractivity (Wildman–Crippen MR) is 66.6 cm³/mol. The van der Waals surface area contributed by atoms with Crippen molar-refractivity contribution in [2.75, 3.05) is 5.32 Å². The van der Waals surface area contributed by atoms with Crippen molar-refractivity contribution in [3.05, 3.63) is 53.5 Å². The van der Waals surface area contributed by atoms with E-state index in [1.807, 2.05) is 6.07 Å². The molecule has 0 unspecified atom stereocenters. The molecule has 0 spiro atoms. The number of hydrogen-bond donors (Lipinski definition) is 1. The molecule has 0 atom stereocenters. The zero-order chi connectivity index (χ0) is 11.4. The lowest BCUT2D eigenvalue weighted by molar-refractivity contribution is 0.564. The van der Waals surface area contributed by atoms with Crippen LogP contribution in [-0.2, 0) is 13.0 Å². The molecule has 84 valence electrons. The van der Waals surface area contributed by atoms with E-state index >= 15 is 0 Å². The van der Waals surface area contributed by atoms with E-state index in [2.05, 4.69) is 37.4 Å². The van der Waals surface area contributed by atoms with Crippen LogP contribution < -0.4 is 5.32 Å². The van der Waals surface area contributed by atoms with Gasteiger partial charge in [-0.3, -0.25) is 0 Å². The summed E-state index contributed by atoms with van der Waals surface area (Å²) in [7, 11) is 0. The van der Waals surface area contributed by atoms with Crippen LogP contribution in [0.5, 0.6) is 0 Å². The molecule has 1 aromatic carbocycles. The van der Waals surface area contributed by atoms with Crippen molar-refractivity contribution in [2.45, 2.75) is 26.8 Å². The molecule has 2 nitrogen and oxygen atoms in total. The number of benzene rings is 1. The van der Waals surface area contributed by atoms with Gasteiger partial charge in [-0.2, -0.15) is 0 Å². The normalized spacial score (nSPS) is 10.4. The van der Waals surface area contributed by atoms with Gasteiger partial charge in [-0.05, 0) is 30.5 Å². The predicted octanol–water partition coefficient (Wildman–Crippen LogP) is 3.76. The number of para-hydroxylation sites is 1. The monoisotopic (exact) mass is 215 g/mol. The summed E-state index contributed by atoms with van der Waals surface area (Å²) in [5, 5.41) is 3.47. The Morgan fingerprint density at radius 3 is 2.81 bits per heavy atom. The van der Waals surface area contributed by atoms with Crippen LogP contribution in [0.4, 0.5) is 5.69 Å². The molecule has 0 aliphatic heterocycles. The topological polar surface area (TPSA) is 25.2 Å². The molecule has 2 heteroatoms. The number of rotatable bonds is 4. The second-order valence-corrected chi connectivity index (χ2v) is 3.95. The van der Waals surface area contributed by atoms with Gasteiger partial charge in [-0.1, -0.05) is 25.1 Å². The van der Waals surface area contributed by atoms with Gasteiger partial charge in [-0.15, -0.1) is 0 Å². The zero-order valence-corrected chi connectivity index (χ0v) is 9.79. The van der Waals surface area contributed by atoms with Crippen molar-refractivity contribution in [3.8, 4) is 0 Å². The maximum atomic E-state index is 5.05. The third kappa shape index (κ3) is 2.27. The molecule has 1 aromatic heterocycles. The van der Waals surface area contributed by atoms with Crippen LogP contribution in [0.25, 0.3) is 0 Å². The van der Waals surface area contributed by atoms with Gasteiger partial charge in [0.25, 0.3) is 0 Å². The van der Waals surface area contributed by atoms with Crippen LogP contribution in [0.3, 0.4) is 0 Å². The highest BCUT2D eigenvalue weighted by molar-refractivity contribution is 5.57. The first-order valence-electron chi connectivity index (χ1n) is 5.64. The van der Waals surface area contributed by atoms with E-state index in [0.29, 0.717) is 0 Å². The second kappa shape index (κ2) is 4.88. The van der Waals surface area contributed by atoms with Crippen molar-refractivity contribution in [1.82, 2.24) is 0 Å². The second-order valence-electron chi connectivity index (χ2n) is 3.95. The number of hydrogen-bond acceptors (Lipinski definition) is 2. The standard InChI is InChI=1S/C14H17NO/c1-3-13-6-4-5-11(2)14(13)15-9-12-7-8-16-10-12/h4-8,10,15H,3,9H2,1-2H3. The van der Waals surface area contributed by atoms with Crippen molar-refractivity contribution in [1.29, 1.82) is 0 Å². The molecule has 0 fully saturated rings. The molecule has 0 aliphatic carbocycles. The largest absolute Gasteiger partial charge is 0.472 e. The maximum absolute atomic E-state index is 5.05. The first-order chi connectivity index (χ1) is 7.81. The van der Waals surface area contributed by atoms with Crippen LogP contribution in [-0.4, -0.2) is 0 Å². The Morgan fingerprint density at radius 1 is 1.25 bits per heavy atom. The minimum absolute atomic E-state index is 0.814. The number of anilines is 1. The fourth-order valence-corrected chi connectivity index (χ4v) is 1.86. The Morgan fingerprint density at radius 2 is 2.12 bits per heavy atom. The van der Waals surface area contributed by atoms with Gasteiger partial charge in [0.05, 0.1) is 12.5 Å². The van der Waals surface area contributed by atoms with Gasteiger partial charge in [0.1, 0.15) is 0 Å². The molecule has 1 N–H and O–H groups in total. The summed E-state index contributed by atoms with van der Waals surface area (Å²) in [6, 6.07) is 8.40. The molecular formula is C14H17NO. The summed E-state index contributed by atoms with van der Waals surface area (Å²) in [5.41, 5.74) is 5.09. The van der Waals surface area contributed by atoms with Gasteiger partial charge in [0.2, 0.25) is 0 Å². The molecule has 16 heavy (non-hydrogen) atoms. The fraction of sp³-hybridized carbons (Fsp3) is 0.286. The van der Waals surface area contributed by atoms with E-state index in [-0.39, 0.29) is 0 Å². The Hall–Kier alpha value is -1.70. The van der Waals surface area contributed by atoms with Crippen molar-refractivity contribution < 1.29 is 4.42 Å². The third-order valence-electron chi connectivity index (χ3n) is 2.79. The number of aryl methyl sites for hydroxylation is 2. The van der Waals surface area contributed by atoms with Gasteiger partial charge < -0.3 is 9.73 Å². The van der Waals surface area contributed by atoms with Crippen LogP contribution in [0.15, 0.2) is 41.2 Å². The van der Waals surface area contributed by atoms with E-state index in [1.165, 1.54) is 22.4 Å². The summed E-state index contributed by atoms with van der Waals surface area (Å²) >= 11 is 0. The van der Waals surface area contributed by atoms with E-state index in [0.717, 1.165) is 13.0 Å². The quantitative estimate of drug-likeness (QED) is 0.840. The van der Waals surface area contributed by atoms with E-state index in [4.69, 9.17) is 4.42 Å². The molecule has 0 saturated carbocycles. The summed E-state index contributed by atoms with van der Waals surface area (Å²) < 4.78 is 5.05. The highest BCUT2D eigenvalue weighted by Gasteiger charge is 2.03. The Bertz CT molecular complexity index is 446. The average Bonchev–Trinajstić information content (AvgIpc) is 2.80. The van der Waals surface area contributed by atoms with Gasteiger partial charge in [-0.25, -0.2) is 0 Å². The van der Waals surface area contributed by atoms with Crippen molar-refractivity contribution >= 4 is 5.69 Å². The van der Waals surface area contributed by atoms with Crippen molar-refractivity contribution in [3.63, 3.8) is 0 Å². The highest BCUT2D eigenvalue weighted by atomic mass is 16.3. The minimum Gasteiger partial charge on any atom is -0.472 e. The smallest absolute Gasteiger partial charge is 0.0952 e. The minimum atomic E-state index is 0.814. The summed E-state index contributed by atoms with van der Waals surface area (Å²) in [6.45, 7) is 5.13. The molecule has 2 aromatic rings. The molecule has 1 heterocycles. The van der Waals surface area contributed by atoms with Crippen LogP contribution in [0, 0.1) is 6.92 Å². The third-order valence-corrected chi connectivity index (χ3v) is 2.79. The number of furan rings is 1. The first kappa shape index (κ1) is 10.8. The maximum Gasteiger partial charge on any atom is 0.0952 e. The lowest BCUT2D eigenvalue weighted by atomic mass is 10.1. The molecule has 2 rings (SSSR count). The molecule has 0 bridgehead atoms. The van der Waals surface area contributed by atoms with Crippen LogP contribution in [0.2, 0.25) is 0 Å². The Labute approximate surface area is 96.3 Å². The molecule has 0 aliphatic rings. The molecule has 0 amide bonds. The van der Waals surface area contributed by atoms with Gasteiger partial charge in [0.15, 0.2) is 0 Å². The van der Waals surface area contributed by atoms with E-state index in [9.17, 15) is 0 Å². The zero-order valence-electron chi connectivity index (χ0n) is 9.79. The first-order valence-corrected chi connectivity index (χ1v) is 5.64. The summed E-state index contributed by atoms with van der Waals surface area (Å²) in [5.74, 6) is 0. The molecule has 0 radical (unpaired) electrons. The fourth-order valence-electron chi connectivity index (χ4n) is 1.86. The average molecular weight is 215 g/mol. The van der Waals surface area contributed by atoms with Gasteiger partial charge in [0, 0.05) is 17.8 Å². The van der Waals surface area contributed by atoms with Crippen molar-refractivity contribution in [2.24, 2.45) is 0 Å². The van der Waals surface area contributed by atoms with E-state index in [1.54, 1.807) is 12.5 Å². The lowest BCUT2D eigenvalue weighted by Gasteiger charge is -2.13. The number of nitrogens with one attached hydrogen (secondary N) is 1. The Balaban J connectivity index is 2.14. The SMILES string of the molecule is CCc1cccc(C)c1NCc1ccoc1. The van der Waals surface area contributed by atoms with Gasteiger partial charge >= 0.3 is 0 Å². The lowest BCUT2D eigenvalue weighted by Crippen LogP contribution is -2.03. The summed E-state index contributed by atoms with van der Waals surface area (Å²) in [4.78, 5) is 0. The van der Waals surface area contributed by atoms with E-state index < -0.39 is 0 Å². The molecule has 0 saturated heterocycles. The molecular weight excluding hydrogens is 198 g/mol. The highest BCUT2D eigenvalue weighted by Crippen LogP contribution is 2.21. The summed E-state index contributed by atoms with van der Waals surface area (Å²) in [6.07, 6.45) is 4.53. The Kier molecular flexibility index (Phi) is 3.30.